The minimum Gasteiger partial charge on any atom is -0.481 e. The van der Waals surface area contributed by atoms with Gasteiger partial charge >= 0.3 is 5.97 Å². The molecule has 2 rings (SSSR count). The van der Waals surface area contributed by atoms with Gasteiger partial charge in [0.25, 0.3) is 0 Å². The summed E-state index contributed by atoms with van der Waals surface area (Å²) in [5.74, 6) is -0.579. The molecule has 0 saturated carbocycles. The lowest BCUT2D eigenvalue weighted by Gasteiger charge is -2.20. The van der Waals surface area contributed by atoms with Gasteiger partial charge in [-0.3, -0.25) is 14.4 Å². The van der Waals surface area contributed by atoms with Crippen LogP contribution in [0, 0.1) is 11.8 Å². The number of amides is 2. The van der Waals surface area contributed by atoms with Crippen molar-refractivity contribution in [3.8, 4) is 0 Å². The second-order valence-electron chi connectivity index (χ2n) is 5.70. The van der Waals surface area contributed by atoms with Crippen LogP contribution in [0.5, 0.6) is 0 Å². The number of rotatable bonds is 5. The van der Waals surface area contributed by atoms with E-state index >= 15 is 0 Å². The predicted octanol–water partition coefficient (Wildman–Crippen LogP) is 0.568. The standard InChI is InChI=1S/C14H22N2O4/c1-2-15-9-11(7-12(15)17)14(20)16-6-5-10(8-16)3-4-13(18)19/h10-11H,2-9H2,1H3,(H,18,19). The summed E-state index contributed by atoms with van der Waals surface area (Å²) in [6.07, 6.45) is 1.99. The SMILES string of the molecule is CCN1CC(C(=O)N2CCC(CCC(=O)O)C2)CC1=O. The molecule has 112 valence electrons. The molecule has 6 nitrogen and oxygen atoms in total. The summed E-state index contributed by atoms with van der Waals surface area (Å²) >= 11 is 0. The minimum atomic E-state index is -0.783. The molecule has 2 heterocycles. The Morgan fingerprint density at radius 2 is 2.10 bits per heavy atom. The number of aliphatic carboxylic acids is 1. The molecular formula is C14H22N2O4. The first-order chi connectivity index (χ1) is 9.51. The van der Waals surface area contributed by atoms with Crippen LogP contribution in [-0.2, 0) is 14.4 Å². The molecule has 6 heteroatoms. The summed E-state index contributed by atoms with van der Waals surface area (Å²) in [6, 6.07) is 0. The second kappa shape index (κ2) is 6.24. The smallest absolute Gasteiger partial charge is 0.303 e. The second-order valence-corrected chi connectivity index (χ2v) is 5.70. The van der Waals surface area contributed by atoms with E-state index in [2.05, 4.69) is 0 Å². The maximum atomic E-state index is 12.4. The molecule has 0 radical (unpaired) electrons. The highest BCUT2D eigenvalue weighted by atomic mass is 16.4. The van der Waals surface area contributed by atoms with Gasteiger partial charge in [0.05, 0.1) is 5.92 Å². The predicted molar refractivity (Wildman–Crippen MR) is 71.9 cm³/mol. The van der Waals surface area contributed by atoms with E-state index in [0.29, 0.717) is 39.0 Å². The lowest BCUT2D eigenvalue weighted by molar-refractivity contribution is -0.137. The van der Waals surface area contributed by atoms with Crippen molar-refractivity contribution in [2.45, 2.75) is 32.6 Å². The van der Waals surface area contributed by atoms with Crippen molar-refractivity contribution in [2.75, 3.05) is 26.2 Å². The number of hydrogen-bond donors (Lipinski definition) is 1. The van der Waals surface area contributed by atoms with Crippen molar-refractivity contribution in [3.63, 3.8) is 0 Å². The zero-order chi connectivity index (χ0) is 14.7. The highest BCUT2D eigenvalue weighted by molar-refractivity contribution is 5.89. The third-order valence-corrected chi connectivity index (χ3v) is 4.31. The topological polar surface area (TPSA) is 77.9 Å². The van der Waals surface area contributed by atoms with Crippen LogP contribution in [-0.4, -0.2) is 58.9 Å². The number of carboxylic acid groups (broad SMARTS) is 1. The molecule has 2 amide bonds. The Morgan fingerprint density at radius 3 is 2.70 bits per heavy atom. The molecule has 2 unspecified atom stereocenters. The van der Waals surface area contributed by atoms with Gasteiger partial charge in [-0.15, -0.1) is 0 Å². The largest absolute Gasteiger partial charge is 0.481 e. The molecule has 2 aliphatic heterocycles. The molecule has 20 heavy (non-hydrogen) atoms. The van der Waals surface area contributed by atoms with Gasteiger partial charge in [-0.2, -0.15) is 0 Å². The van der Waals surface area contributed by atoms with E-state index in [4.69, 9.17) is 5.11 Å². The van der Waals surface area contributed by atoms with Crippen LogP contribution in [0.1, 0.15) is 32.6 Å². The Labute approximate surface area is 118 Å². The average Bonchev–Trinajstić information content (AvgIpc) is 3.02. The third-order valence-electron chi connectivity index (χ3n) is 4.31. The number of carboxylic acids is 1. The molecule has 0 bridgehead atoms. The van der Waals surface area contributed by atoms with Crippen LogP contribution in [0.25, 0.3) is 0 Å². The highest BCUT2D eigenvalue weighted by Gasteiger charge is 2.37. The zero-order valence-corrected chi connectivity index (χ0v) is 11.9. The van der Waals surface area contributed by atoms with Gasteiger partial charge in [0, 0.05) is 39.0 Å². The van der Waals surface area contributed by atoms with Crippen LogP contribution >= 0.6 is 0 Å². The average molecular weight is 282 g/mol. The number of hydrogen-bond acceptors (Lipinski definition) is 3. The Balaban J connectivity index is 1.83. The third kappa shape index (κ3) is 3.29. The van der Waals surface area contributed by atoms with Crippen molar-refractivity contribution in [1.82, 2.24) is 9.80 Å². The van der Waals surface area contributed by atoms with E-state index in [1.165, 1.54) is 0 Å². The first-order valence-corrected chi connectivity index (χ1v) is 7.29. The first kappa shape index (κ1) is 14.8. The van der Waals surface area contributed by atoms with Crippen molar-refractivity contribution in [3.05, 3.63) is 0 Å². The van der Waals surface area contributed by atoms with Crippen LogP contribution in [0.4, 0.5) is 0 Å². The molecule has 2 aliphatic rings. The maximum absolute atomic E-state index is 12.4. The monoisotopic (exact) mass is 282 g/mol. The molecule has 1 N–H and O–H groups in total. The lowest BCUT2D eigenvalue weighted by atomic mass is 10.0. The van der Waals surface area contributed by atoms with Gasteiger partial charge in [0.15, 0.2) is 0 Å². The molecule has 0 aromatic heterocycles. The number of carbonyl (C=O) groups is 3. The van der Waals surface area contributed by atoms with Gasteiger partial charge < -0.3 is 14.9 Å². The van der Waals surface area contributed by atoms with Crippen LogP contribution < -0.4 is 0 Å². The van der Waals surface area contributed by atoms with Crippen molar-refractivity contribution in [1.29, 1.82) is 0 Å². The van der Waals surface area contributed by atoms with Crippen molar-refractivity contribution >= 4 is 17.8 Å². The van der Waals surface area contributed by atoms with E-state index in [1.54, 1.807) is 4.90 Å². The Kier molecular flexibility index (Phi) is 4.62. The molecule has 2 saturated heterocycles. The molecule has 0 aromatic carbocycles. The highest BCUT2D eigenvalue weighted by Crippen LogP contribution is 2.26. The summed E-state index contributed by atoms with van der Waals surface area (Å²) < 4.78 is 0. The fraction of sp³-hybridized carbons (Fsp3) is 0.786. The molecule has 2 atom stereocenters. The summed E-state index contributed by atoms with van der Waals surface area (Å²) in [5, 5.41) is 8.68. The summed E-state index contributed by atoms with van der Waals surface area (Å²) in [4.78, 5) is 38.1. The summed E-state index contributed by atoms with van der Waals surface area (Å²) in [6.45, 7) is 4.44. The summed E-state index contributed by atoms with van der Waals surface area (Å²) in [5.41, 5.74) is 0. The number of nitrogens with zero attached hydrogens (tertiary/aromatic N) is 2. The molecular weight excluding hydrogens is 260 g/mol. The van der Waals surface area contributed by atoms with Crippen LogP contribution in [0.2, 0.25) is 0 Å². The Morgan fingerprint density at radius 1 is 1.35 bits per heavy atom. The van der Waals surface area contributed by atoms with Gasteiger partial charge in [0.1, 0.15) is 0 Å². The fourth-order valence-electron chi connectivity index (χ4n) is 3.10. The van der Waals surface area contributed by atoms with Crippen LogP contribution in [0.3, 0.4) is 0 Å². The molecule has 2 fully saturated rings. The minimum absolute atomic E-state index is 0.0622. The van der Waals surface area contributed by atoms with Gasteiger partial charge in [0.2, 0.25) is 11.8 Å². The normalized spacial score (nSPS) is 26.4. The molecule has 0 aliphatic carbocycles. The zero-order valence-electron chi connectivity index (χ0n) is 11.9. The Hall–Kier alpha value is -1.59. The quantitative estimate of drug-likeness (QED) is 0.799. The number of carbonyl (C=O) groups excluding carboxylic acids is 2. The van der Waals surface area contributed by atoms with E-state index in [9.17, 15) is 14.4 Å². The maximum Gasteiger partial charge on any atom is 0.303 e. The van der Waals surface area contributed by atoms with Gasteiger partial charge in [-0.05, 0) is 25.7 Å². The van der Waals surface area contributed by atoms with Crippen LogP contribution in [0.15, 0.2) is 0 Å². The van der Waals surface area contributed by atoms with Crippen molar-refractivity contribution in [2.24, 2.45) is 11.8 Å². The van der Waals surface area contributed by atoms with E-state index in [0.717, 1.165) is 6.42 Å². The van der Waals surface area contributed by atoms with E-state index in [-0.39, 0.29) is 30.1 Å². The molecule has 0 spiro atoms. The van der Waals surface area contributed by atoms with Gasteiger partial charge in [-0.25, -0.2) is 0 Å². The first-order valence-electron chi connectivity index (χ1n) is 7.29. The van der Waals surface area contributed by atoms with Crippen molar-refractivity contribution < 1.29 is 19.5 Å². The van der Waals surface area contributed by atoms with Gasteiger partial charge in [-0.1, -0.05) is 0 Å². The number of likely N-dealkylation sites (tertiary alicyclic amines) is 2. The summed E-state index contributed by atoms with van der Waals surface area (Å²) in [7, 11) is 0. The Bertz CT molecular complexity index is 410. The fourth-order valence-corrected chi connectivity index (χ4v) is 3.10. The molecule has 0 aromatic rings. The van der Waals surface area contributed by atoms with E-state index < -0.39 is 5.97 Å². The lowest BCUT2D eigenvalue weighted by Crippen LogP contribution is -2.36. The van der Waals surface area contributed by atoms with E-state index in [1.807, 2.05) is 11.8 Å².